The number of nitrogens with one attached hydrogen (secondary N) is 2. The lowest BCUT2D eigenvalue weighted by Crippen LogP contribution is -2.28. The molecule has 0 aliphatic carbocycles. The van der Waals surface area contributed by atoms with Crippen LogP contribution in [0.25, 0.3) is 0 Å². The van der Waals surface area contributed by atoms with Crippen molar-refractivity contribution in [3.8, 4) is 11.9 Å². The summed E-state index contributed by atoms with van der Waals surface area (Å²) in [5, 5.41) is 9.41. The summed E-state index contributed by atoms with van der Waals surface area (Å²) in [7, 11) is 0. The fourth-order valence-corrected chi connectivity index (χ4v) is 3.01. The maximum atomic E-state index is 12.3. The van der Waals surface area contributed by atoms with Gasteiger partial charge in [-0.15, -0.1) is 0 Å². The summed E-state index contributed by atoms with van der Waals surface area (Å²) in [5.74, 6) is -0.506. The summed E-state index contributed by atoms with van der Waals surface area (Å²) >= 11 is 8.32. The highest BCUT2D eigenvalue weighted by Gasteiger charge is 2.33. The number of hydrogen-bond donors (Lipinski definition) is 3. The molecule has 0 fully saturated rings. The van der Waals surface area contributed by atoms with E-state index in [0.717, 1.165) is 10.0 Å². The monoisotopic (exact) mass is 376 g/mol. The molecule has 4 N–H and O–H groups in total. The molecule has 2 heterocycles. The van der Waals surface area contributed by atoms with Gasteiger partial charge < -0.3 is 15.5 Å². The van der Waals surface area contributed by atoms with Gasteiger partial charge in [-0.1, -0.05) is 28.1 Å². The van der Waals surface area contributed by atoms with E-state index >= 15 is 0 Å². The van der Waals surface area contributed by atoms with Crippen molar-refractivity contribution in [1.29, 1.82) is 5.26 Å². The zero-order chi connectivity index (χ0) is 15.9. The topological polar surface area (TPSA) is 108 Å². The maximum Gasteiger partial charge on any atom is 0.259 e. The first kappa shape index (κ1) is 14.6. The Labute approximate surface area is 138 Å². The predicted molar refractivity (Wildman–Crippen MR) is 85.7 cm³/mol. The number of nitriles is 1. The molecule has 6 nitrogen and oxygen atoms in total. The van der Waals surface area contributed by atoms with Gasteiger partial charge in [0.2, 0.25) is 11.8 Å². The van der Waals surface area contributed by atoms with Gasteiger partial charge >= 0.3 is 0 Å². The Balaban J connectivity index is 2.34. The van der Waals surface area contributed by atoms with Crippen LogP contribution in [0.5, 0.6) is 5.88 Å². The lowest BCUT2D eigenvalue weighted by molar-refractivity contribution is 0.374. The van der Waals surface area contributed by atoms with Gasteiger partial charge in [0, 0.05) is 4.47 Å². The van der Waals surface area contributed by atoms with Gasteiger partial charge in [-0.25, -0.2) is 0 Å². The molecule has 0 amide bonds. The fraction of sp³-hybridized carbons (Fsp3) is 0.0714. The number of H-pyrrole nitrogens is 2. The van der Waals surface area contributed by atoms with E-state index in [4.69, 9.17) is 22.7 Å². The fourth-order valence-electron chi connectivity index (χ4n) is 2.41. The molecule has 3 rings (SSSR count). The molecule has 0 saturated carbocycles. The lowest BCUT2D eigenvalue weighted by atomic mass is 9.85. The van der Waals surface area contributed by atoms with Gasteiger partial charge in [-0.3, -0.25) is 9.78 Å². The Morgan fingerprint density at radius 2 is 2.18 bits per heavy atom. The summed E-state index contributed by atoms with van der Waals surface area (Å²) in [4.78, 5) is 17.6. The van der Waals surface area contributed by atoms with E-state index in [9.17, 15) is 10.1 Å². The van der Waals surface area contributed by atoms with Crippen molar-refractivity contribution in [2.75, 3.05) is 0 Å². The smallest absolute Gasteiger partial charge is 0.259 e. The van der Waals surface area contributed by atoms with E-state index in [-0.39, 0.29) is 27.7 Å². The van der Waals surface area contributed by atoms with Crippen LogP contribution in [0.1, 0.15) is 17.0 Å². The first-order valence-corrected chi connectivity index (χ1v) is 7.41. The Kier molecular flexibility index (Phi) is 3.60. The van der Waals surface area contributed by atoms with Crippen LogP contribution in [0.3, 0.4) is 0 Å². The van der Waals surface area contributed by atoms with Gasteiger partial charge in [-0.05, 0) is 29.9 Å². The highest BCUT2D eigenvalue weighted by Crippen LogP contribution is 2.39. The molecule has 1 aromatic carbocycles. The van der Waals surface area contributed by atoms with Crippen LogP contribution in [0.2, 0.25) is 0 Å². The lowest BCUT2D eigenvalue weighted by Gasteiger charge is -2.25. The summed E-state index contributed by atoms with van der Waals surface area (Å²) in [5.41, 5.74) is 6.62. The van der Waals surface area contributed by atoms with Crippen molar-refractivity contribution in [3.63, 3.8) is 0 Å². The number of allylic oxidation sites excluding steroid dienone is 1. The van der Waals surface area contributed by atoms with Crippen LogP contribution >= 0.6 is 28.1 Å². The van der Waals surface area contributed by atoms with Crippen molar-refractivity contribution in [2.45, 2.75) is 5.92 Å². The highest BCUT2D eigenvalue weighted by atomic mass is 79.9. The third-order valence-corrected chi connectivity index (χ3v) is 4.00. The second kappa shape index (κ2) is 5.44. The van der Waals surface area contributed by atoms with Crippen LogP contribution in [-0.4, -0.2) is 9.97 Å². The average Bonchev–Trinajstić information content (AvgIpc) is 2.45. The number of nitrogens with two attached hydrogens (primary N) is 1. The molecule has 2 aromatic rings. The number of halogens is 1. The number of aromatic nitrogens is 2. The van der Waals surface area contributed by atoms with Crippen LogP contribution in [0.15, 0.2) is 45.0 Å². The van der Waals surface area contributed by atoms with Crippen LogP contribution < -0.4 is 16.0 Å². The number of hydrogen-bond acceptors (Lipinski definition) is 5. The molecule has 0 radical (unpaired) electrons. The number of fused-ring (bicyclic) bond motifs is 1. The molecular weight excluding hydrogens is 368 g/mol. The second-order valence-corrected chi connectivity index (χ2v) is 5.95. The van der Waals surface area contributed by atoms with Crippen molar-refractivity contribution in [3.05, 3.63) is 66.4 Å². The quantitative estimate of drug-likeness (QED) is 0.662. The molecule has 110 valence electrons. The number of aromatic amines is 2. The molecule has 0 spiro atoms. The molecule has 8 heteroatoms. The normalized spacial score (nSPS) is 16.6. The van der Waals surface area contributed by atoms with Crippen molar-refractivity contribution in [1.82, 2.24) is 9.97 Å². The van der Waals surface area contributed by atoms with Crippen molar-refractivity contribution < 1.29 is 4.74 Å². The molecule has 0 unspecified atom stereocenters. The molecule has 1 atom stereocenters. The summed E-state index contributed by atoms with van der Waals surface area (Å²) < 4.78 is 6.32. The first-order chi connectivity index (χ1) is 10.5. The minimum Gasteiger partial charge on any atom is -0.424 e. The van der Waals surface area contributed by atoms with Gasteiger partial charge in [0.1, 0.15) is 11.6 Å². The van der Waals surface area contributed by atoms with Gasteiger partial charge in [0.25, 0.3) is 5.56 Å². The molecule has 22 heavy (non-hydrogen) atoms. The standard InChI is InChI=1S/C14H9BrN4O2S/c15-7-3-1-2-6(4-7)9-8(5-16)11(17)21-13-10(9)12(20)18-14(22)19-13/h1-4,9H,17H2,(H2,18,19,20,22)/t9-/m0/s1. The van der Waals surface area contributed by atoms with E-state index in [1.54, 1.807) is 0 Å². The molecule has 0 saturated heterocycles. The van der Waals surface area contributed by atoms with Crippen LogP contribution in [0, 0.1) is 16.1 Å². The summed E-state index contributed by atoms with van der Waals surface area (Å²) in [6.45, 7) is 0. The number of rotatable bonds is 1. The minimum absolute atomic E-state index is 0.0452. The third kappa shape index (κ3) is 2.34. The molecule has 1 aliphatic rings. The Morgan fingerprint density at radius 3 is 2.86 bits per heavy atom. The highest BCUT2D eigenvalue weighted by molar-refractivity contribution is 9.10. The van der Waals surface area contributed by atoms with E-state index in [0.29, 0.717) is 0 Å². The first-order valence-electron chi connectivity index (χ1n) is 6.21. The van der Waals surface area contributed by atoms with Gasteiger partial charge in [0.15, 0.2) is 4.77 Å². The number of ether oxygens (including phenoxy) is 1. The van der Waals surface area contributed by atoms with Gasteiger partial charge in [0.05, 0.1) is 11.5 Å². The zero-order valence-electron chi connectivity index (χ0n) is 11.0. The van der Waals surface area contributed by atoms with E-state index < -0.39 is 11.5 Å². The molecule has 0 bridgehead atoms. The van der Waals surface area contributed by atoms with E-state index in [1.165, 1.54) is 0 Å². The van der Waals surface area contributed by atoms with Crippen LogP contribution in [0.4, 0.5) is 0 Å². The third-order valence-electron chi connectivity index (χ3n) is 3.30. The zero-order valence-corrected chi connectivity index (χ0v) is 13.4. The Hall–Kier alpha value is -2.37. The second-order valence-electron chi connectivity index (χ2n) is 4.63. The number of benzene rings is 1. The average molecular weight is 377 g/mol. The van der Waals surface area contributed by atoms with Crippen molar-refractivity contribution >= 4 is 28.1 Å². The van der Waals surface area contributed by atoms with E-state index in [1.807, 2.05) is 30.3 Å². The molecule has 1 aromatic heterocycles. The Morgan fingerprint density at radius 1 is 1.41 bits per heavy atom. The number of nitrogens with zero attached hydrogens (tertiary/aromatic N) is 1. The largest absolute Gasteiger partial charge is 0.424 e. The molecular formula is C14H9BrN4O2S. The maximum absolute atomic E-state index is 12.3. The summed E-state index contributed by atoms with van der Waals surface area (Å²) in [6, 6.07) is 9.34. The minimum atomic E-state index is -0.623. The van der Waals surface area contributed by atoms with Crippen molar-refractivity contribution in [2.24, 2.45) is 5.73 Å². The predicted octanol–water partition coefficient (Wildman–Crippen LogP) is 2.41. The summed E-state index contributed by atoms with van der Waals surface area (Å²) in [6.07, 6.45) is 0. The van der Waals surface area contributed by atoms with Crippen LogP contribution in [-0.2, 0) is 0 Å². The SMILES string of the molecule is N#CC1=C(N)Oc2[nH]c(=S)[nH]c(=O)c2[C@H]1c1cccc(Br)c1. The Bertz CT molecular complexity index is 954. The van der Waals surface area contributed by atoms with Gasteiger partial charge in [-0.2, -0.15) is 5.26 Å². The van der Waals surface area contributed by atoms with E-state index in [2.05, 4.69) is 25.9 Å². The molecule has 1 aliphatic heterocycles.